The summed E-state index contributed by atoms with van der Waals surface area (Å²) in [6, 6.07) is 13.8. The van der Waals surface area contributed by atoms with Crippen LogP contribution >= 0.6 is 0 Å². The molecule has 5 rings (SSSR count). The molecule has 11 heteroatoms. The van der Waals surface area contributed by atoms with Crippen molar-refractivity contribution in [2.45, 2.75) is 17.4 Å². The fourth-order valence-corrected chi connectivity index (χ4v) is 5.70. The number of sulfonamides is 1. The molecule has 0 radical (unpaired) electrons. The molecule has 1 atom stereocenters. The largest absolute Gasteiger partial charge is 0.496 e. The number of nitrogens with one attached hydrogen (secondary N) is 1. The fraction of sp³-hybridized carbons (Fsp3) is 0.261. The van der Waals surface area contributed by atoms with E-state index in [1.165, 1.54) is 23.5 Å². The minimum absolute atomic E-state index is 0.0394. The third-order valence-electron chi connectivity index (χ3n) is 5.93. The van der Waals surface area contributed by atoms with Crippen LogP contribution in [0.4, 0.5) is 0 Å². The summed E-state index contributed by atoms with van der Waals surface area (Å²) in [7, 11) is -0.663. The fourth-order valence-electron chi connectivity index (χ4n) is 4.19. The van der Waals surface area contributed by atoms with E-state index in [9.17, 15) is 18.3 Å². The standard InChI is InChI=1S/C23H23N5O5S/c1-27-22-19(20(26-27)14-6-4-3-5-7-14)23(30)25-21(24-22)17-9-8-16(12-18(17)33-2)34(31,32)28-11-10-15(29)13-28/h3-9,12,15,29H,10-11,13H2,1-2H3,(H,24,25,30). The molecule has 3 heterocycles. The highest BCUT2D eigenvalue weighted by molar-refractivity contribution is 7.89. The Morgan fingerprint density at radius 1 is 1.18 bits per heavy atom. The van der Waals surface area contributed by atoms with Crippen molar-refractivity contribution >= 4 is 21.1 Å². The van der Waals surface area contributed by atoms with Gasteiger partial charge in [0.05, 0.1) is 23.7 Å². The SMILES string of the molecule is COc1cc(S(=O)(=O)N2CCC(O)C2)ccc1-c1nc2c(c(-c3ccccc3)nn2C)c(=O)[nH]1. The van der Waals surface area contributed by atoms with Crippen LogP contribution in [0.5, 0.6) is 5.75 Å². The molecule has 1 unspecified atom stereocenters. The number of fused-ring (bicyclic) bond motifs is 1. The third kappa shape index (κ3) is 3.67. The zero-order valence-corrected chi connectivity index (χ0v) is 19.4. The first-order valence-electron chi connectivity index (χ1n) is 10.7. The van der Waals surface area contributed by atoms with Crippen LogP contribution in [0.2, 0.25) is 0 Å². The number of nitrogens with zero attached hydrogens (tertiary/aromatic N) is 4. The Morgan fingerprint density at radius 3 is 2.62 bits per heavy atom. The summed E-state index contributed by atoms with van der Waals surface area (Å²) in [4.78, 5) is 20.5. The molecule has 0 amide bonds. The van der Waals surface area contributed by atoms with Crippen molar-refractivity contribution in [3.63, 3.8) is 0 Å². The smallest absolute Gasteiger partial charge is 0.262 e. The van der Waals surface area contributed by atoms with Crippen LogP contribution in [-0.4, -0.2) is 63.9 Å². The molecular formula is C23H23N5O5S. The molecule has 0 aliphatic carbocycles. The number of aliphatic hydroxyl groups is 1. The Labute approximate surface area is 195 Å². The Kier molecular flexibility index (Phi) is 5.47. The van der Waals surface area contributed by atoms with E-state index in [2.05, 4.69) is 15.1 Å². The topological polar surface area (TPSA) is 130 Å². The predicted molar refractivity (Wildman–Crippen MR) is 126 cm³/mol. The van der Waals surface area contributed by atoms with Gasteiger partial charge in [-0.3, -0.25) is 4.79 Å². The van der Waals surface area contributed by atoms with E-state index in [0.29, 0.717) is 28.7 Å². The van der Waals surface area contributed by atoms with Gasteiger partial charge < -0.3 is 14.8 Å². The molecule has 10 nitrogen and oxygen atoms in total. The lowest BCUT2D eigenvalue weighted by Gasteiger charge is -2.17. The van der Waals surface area contributed by atoms with Gasteiger partial charge in [0.15, 0.2) is 5.65 Å². The Balaban J connectivity index is 1.60. The number of rotatable bonds is 5. The van der Waals surface area contributed by atoms with Crippen molar-refractivity contribution in [3.8, 4) is 28.4 Å². The number of aromatic amines is 1. The number of ether oxygens (including phenoxy) is 1. The molecule has 1 saturated heterocycles. The van der Waals surface area contributed by atoms with Gasteiger partial charge in [0.2, 0.25) is 10.0 Å². The van der Waals surface area contributed by atoms with Gasteiger partial charge >= 0.3 is 0 Å². The normalized spacial score (nSPS) is 16.9. The van der Waals surface area contributed by atoms with E-state index in [1.807, 2.05) is 30.3 Å². The minimum atomic E-state index is -3.79. The highest BCUT2D eigenvalue weighted by Crippen LogP contribution is 2.33. The summed E-state index contributed by atoms with van der Waals surface area (Å²) in [5.41, 5.74) is 1.79. The van der Waals surface area contributed by atoms with Gasteiger partial charge in [-0.15, -0.1) is 0 Å². The van der Waals surface area contributed by atoms with Crippen LogP contribution in [0.25, 0.3) is 33.7 Å². The molecular weight excluding hydrogens is 458 g/mol. The van der Waals surface area contributed by atoms with Gasteiger partial charge in [0, 0.05) is 31.8 Å². The molecule has 1 fully saturated rings. The number of hydrogen-bond donors (Lipinski definition) is 2. The number of hydrogen-bond acceptors (Lipinski definition) is 7. The molecule has 4 aromatic rings. The lowest BCUT2D eigenvalue weighted by molar-refractivity contribution is 0.189. The summed E-state index contributed by atoms with van der Waals surface area (Å²) < 4.78 is 34.2. The Hall–Kier alpha value is -3.54. The van der Waals surface area contributed by atoms with Gasteiger partial charge in [-0.05, 0) is 18.6 Å². The number of benzene rings is 2. The first-order valence-corrected chi connectivity index (χ1v) is 12.1. The van der Waals surface area contributed by atoms with Gasteiger partial charge in [0.25, 0.3) is 5.56 Å². The number of aliphatic hydroxyl groups excluding tert-OH is 1. The van der Waals surface area contributed by atoms with Crippen LogP contribution in [0.1, 0.15) is 6.42 Å². The van der Waals surface area contributed by atoms with E-state index in [1.54, 1.807) is 17.8 Å². The number of aromatic nitrogens is 4. The van der Waals surface area contributed by atoms with E-state index in [4.69, 9.17) is 4.74 Å². The Morgan fingerprint density at radius 2 is 1.94 bits per heavy atom. The van der Waals surface area contributed by atoms with Crippen molar-refractivity contribution in [3.05, 3.63) is 58.9 Å². The van der Waals surface area contributed by atoms with E-state index < -0.39 is 16.1 Å². The van der Waals surface area contributed by atoms with Crippen LogP contribution in [0, 0.1) is 0 Å². The second-order valence-electron chi connectivity index (χ2n) is 8.12. The molecule has 2 aromatic carbocycles. The van der Waals surface area contributed by atoms with Crippen molar-refractivity contribution in [2.24, 2.45) is 7.05 Å². The molecule has 0 bridgehead atoms. The lowest BCUT2D eigenvalue weighted by atomic mass is 10.1. The van der Waals surface area contributed by atoms with Crippen LogP contribution in [0.15, 0.2) is 58.2 Å². The third-order valence-corrected chi connectivity index (χ3v) is 7.79. The number of H-pyrrole nitrogens is 1. The monoisotopic (exact) mass is 481 g/mol. The predicted octanol–water partition coefficient (Wildman–Crippen LogP) is 1.75. The maximum Gasteiger partial charge on any atom is 0.262 e. The maximum atomic E-state index is 13.1. The average Bonchev–Trinajstić information content (AvgIpc) is 3.43. The van der Waals surface area contributed by atoms with Gasteiger partial charge in [-0.25, -0.2) is 18.1 Å². The summed E-state index contributed by atoms with van der Waals surface area (Å²) in [5, 5.41) is 14.6. The second kappa shape index (κ2) is 8.35. The molecule has 34 heavy (non-hydrogen) atoms. The highest BCUT2D eigenvalue weighted by atomic mass is 32.2. The molecule has 1 aliphatic rings. The summed E-state index contributed by atoms with van der Waals surface area (Å²) >= 11 is 0. The van der Waals surface area contributed by atoms with Crippen molar-refractivity contribution in [1.29, 1.82) is 0 Å². The minimum Gasteiger partial charge on any atom is -0.496 e. The van der Waals surface area contributed by atoms with Crippen LogP contribution < -0.4 is 10.3 Å². The Bertz CT molecular complexity index is 1550. The molecule has 0 spiro atoms. The van der Waals surface area contributed by atoms with Crippen molar-refractivity contribution in [2.75, 3.05) is 20.2 Å². The quantitative estimate of drug-likeness (QED) is 0.444. The number of β-amino-alcohol motifs (C(OH)–C–C–N with tert-alkyl or cyclic N) is 1. The molecule has 2 N–H and O–H groups in total. The molecule has 2 aromatic heterocycles. The van der Waals surface area contributed by atoms with Crippen LogP contribution in [0.3, 0.4) is 0 Å². The number of methoxy groups -OCH3 is 1. The second-order valence-corrected chi connectivity index (χ2v) is 10.1. The zero-order chi connectivity index (χ0) is 24.0. The van der Waals surface area contributed by atoms with Gasteiger partial charge in [-0.1, -0.05) is 30.3 Å². The molecule has 176 valence electrons. The van der Waals surface area contributed by atoms with Crippen molar-refractivity contribution in [1.82, 2.24) is 24.1 Å². The summed E-state index contributed by atoms with van der Waals surface area (Å²) in [5.74, 6) is 0.478. The van der Waals surface area contributed by atoms with Crippen molar-refractivity contribution < 1.29 is 18.3 Å². The van der Waals surface area contributed by atoms with Crippen LogP contribution in [-0.2, 0) is 17.1 Å². The molecule has 1 aliphatic heterocycles. The van der Waals surface area contributed by atoms with Gasteiger partial charge in [-0.2, -0.15) is 9.40 Å². The first kappa shape index (κ1) is 22.3. The molecule has 0 saturated carbocycles. The average molecular weight is 482 g/mol. The maximum absolute atomic E-state index is 13.1. The van der Waals surface area contributed by atoms with E-state index in [-0.39, 0.29) is 35.1 Å². The zero-order valence-electron chi connectivity index (χ0n) is 18.6. The lowest BCUT2D eigenvalue weighted by Crippen LogP contribution is -2.29. The highest BCUT2D eigenvalue weighted by Gasteiger charge is 2.32. The van der Waals surface area contributed by atoms with Gasteiger partial charge in [0.1, 0.15) is 22.7 Å². The summed E-state index contributed by atoms with van der Waals surface area (Å²) in [6.45, 7) is 0.311. The number of aryl methyl sites for hydroxylation is 1. The summed E-state index contributed by atoms with van der Waals surface area (Å²) in [6.07, 6.45) is -0.272. The van der Waals surface area contributed by atoms with E-state index >= 15 is 0 Å². The van der Waals surface area contributed by atoms with E-state index in [0.717, 1.165) is 5.56 Å². The first-order chi connectivity index (χ1) is 16.3.